The van der Waals surface area contributed by atoms with Crippen LogP contribution in [0.4, 0.5) is 4.79 Å². The summed E-state index contributed by atoms with van der Waals surface area (Å²) < 4.78 is 6.69. The van der Waals surface area contributed by atoms with Gasteiger partial charge in [0.05, 0.1) is 19.2 Å². The molecule has 4 N–H and O–H groups in total. The Morgan fingerprint density at radius 1 is 1.23 bits per heavy atom. The second-order valence-electron chi connectivity index (χ2n) is 7.20. The maximum atomic E-state index is 12.7. The minimum Gasteiger partial charge on any atom is -0.497 e. The van der Waals surface area contributed by atoms with Crippen molar-refractivity contribution in [1.29, 1.82) is 0 Å². The van der Waals surface area contributed by atoms with Crippen LogP contribution >= 0.6 is 0 Å². The normalized spacial score (nSPS) is 18.0. The number of pyridine rings is 1. The fourth-order valence-electron chi connectivity index (χ4n) is 3.70. The highest BCUT2D eigenvalue weighted by atomic mass is 16.5. The number of H-pyrrole nitrogens is 1. The van der Waals surface area contributed by atoms with E-state index in [0.717, 1.165) is 16.3 Å². The van der Waals surface area contributed by atoms with Crippen molar-refractivity contribution >= 4 is 33.6 Å². The number of urea groups is 1. The first-order chi connectivity index (χ1) is 15.0. The maximum Gasteiger partial charge on any atom is 0.323 e. The van der Waals surface area contributed by atoms with Crippen LogP contribution < -0.4 is 15.4 Å². The lowest BCUT2D eigenvalue weighted by atomic mass is 10.00. The molecule has 1 atom stereocenters. The van der Waals surface area contributed by atoms with Crippen molar-refractivity contribution in [3.05, 3.63) is 54.6 Å². The van der Waals surface area contributed by atoms with Crippen molar-refractivity contribution in [3.63, 3.8) is 0 Å². The van der Waals surface area contributed by atoms with E-state index in [9.17, 15) is 14.7 Å². The molecule has 3 aromatic heterocycles. The molecule has 5 rings (SSSR count). The van der Waals surface area contributed by atoms with Crippen LogP contribution in [0.3, 0.4) is 0 Å². The monoisotopic (exact) mass is 415 g/mol. The first kappa shape index (κ1) is 18.6. The number of aromatic hydroxyl groups is 1. The van der Waals surface area contributed by atoms with Crippen LogP contribution in [0.25, 0.3) is 21.7 Å². The fraction of sp³-hybridized carbons (Fsp3) is 0.136. The molecule has 9 nitrogen and oxygen atoms in total. The summed E-state index contributed by atoms with van der Waals surface area (Å²) in [5.41, 5.74) is -0.400. The van der Waals surface area contributed by atoms with E-state index in [4.69, 9.17) is 4.74 Å². The first-order valence-corrected chi connectivity index (χ1v) is 9.44. The molecular formula is C22H17N5O4. The summed E-state index contributed by atoms with van der Waals surface area (Å²) in [6, 6.07) is 8.35. The molecule has 1 aliphatic rings. The zero-order valence-electron chi connectivity index (χ0n) is 16.4. The Balaban J connectivity index is 1.59. The van der Waals surface area contributed by atoms with Crippen LogP contribution in [0.2, 0.25) is 0 Å². The third kappa shape index (κ3) is 3.02. The number of nitrogens with one attached hydrogen (secondary N) is 3. The van der Waals surface area contributed by atoms with Gasteiger partial charge in [-0.3, -0.25) is 10.1 Å². The maximum absolute atomic E-state index is 12.7. The SMILES string of the molecule is COc1ccc2cn(C[C@@]3(C#Cc4nccc5cc[nH]c45)NC(=O)NC3=O)c(O)c2c1. The lowest BCUT2D eigenvalue weighted by Gasteiger charge is -2.20. The lowest BCUT2D eigenvalue weighted by molar-refractivity contribution is -0.122. The van der Waals surface area contributed by atoms with E-state index in [2.05, 4.69) is 32.4 Å². The number of benzene rings is 1. The molecule has 3 amide bonds. The molecule has 154 valence electrons. The van der Waals surface area contributed by atoms with E-state index in [1.807, 2.05) is 12.1 Å². The van der Waals surface area contributed by atoms with Crippen LogP contribution in [0.15, 0.2) is 48.9 Å². The summed E-state index contributed by atoms with van der Waals surface area (Å²) in [6.45, 7) is -0.0961. The van der Waals surface area contributed by atoms with Crippen LogP contribution in [-0.2, 0) is 11.3 Å². The Hall–Kier alpha value is -4.45. The van der Waals surface area contributed by atoms with Gasteiger partial charge in [0.1, 0.15) is 11.4 Å². The minimum absolute atomic E-state index is 0.0615. The molecular weight excluding hydrogens is 398 g/mol. The largest absolute Gasteiger partial charge is 0.497 e. The molecule has 31 heavy (non-hydrogen) atoms. The average molecular weight is 415 g/mol. The van der Waals surface area contributed by atoms with Crippen molar-refractivity contribution in [2.24, 2.45) is 0 Å². The van der Waals surface area contributed by atoms with Gasteiger partial charge in [-0.05, 0) is 36.3 Å². The summed E-state index contributed by atoms with van der Waals surface area (Å²) >= 11 is 0. The lowest BCUT2D eigenvalue weighted by Crippen LogP contribution is -2.49. The molecule has 0 saturated carbocycles. The van der Waals surface area contributed by atoms with Crippen LogP contribution in [0.1, 0.15) is 5.69 Å². The van der Waals surface area contributed by atoms with E-state index >= 15 is 0 Å². The van der Waals surface area contributed by atoms with E-state index in [1.54, 1.807) is 36.8 Å². The highest BCUT2D eigenvalue weighted by Gasteiger charge is 2.46. The summed E-state index contributed by atoms with van der Waals surface area (Å²) in [7, 11) is 1.54. The van der Waals surface area contributed by atoms with E-state index in [-0.39, 0.29) is 12.4 Å². The Kier molecular flexibility index (Phi) is 4.08. The molecule has 1 aromatic carbocycles. The number of carbonyl (C=O) groups excluding carboxylic acids is 2. The summed E-state index contributed by atoms with van der Waals surface area (Å²) in [6.07, 6.45) is 5.09. The molecule has 1 saturated heterocycles. The molecule has 0 aliphatic carbocycles. The molecule has 1 aliphatic heterocycles. The highest BCUT2D eigenvalue weighted by molar-refractivity contribution is 6.09. The van der Waals surface area contributed by atoms with Gasteiger partial charge in [-0.1, -0.05) is 5.92 Å². The number of rotatable bonds is 3. The Morgan fingerprint density at radius 3 is 2.87 bits per heavy atom. The van der Waals surface area contributed by atoms with Gasteiger partial charge >= 0.3 is 6.03 Å². The van der Waals surface area contributed by atoms with Crippen molar-refractivity contribution in [2.45, 2.75) is 12.1 Å². The molecule has 0 bridgehead atoms. The van der Waals surface area contributed by atoms with Gasteiger partial charge in [0.25, 0.3) is 5.91 Å². The molecule has 9 heteroatoms. The number of ether oxygens (including phenoxy) is 1. The second-order valence-corrected chi connectivity index (χ2v) is 7.20. The number of nitrogens with zero attached hydrogens (tertiary/aromatic N) is 2. The van der Waals surface area contributed by atoms with Crippen molar-refractivity contribution < 1.29 is 19.4 Å². The third-order valence-corrected chi connectivity index (χ3v) is 5.29. The topological polar surface area (TPSA) is 121 Å². The van der Waals surface area contributed by atoms with Gasteiger partial charge in [0, 0.05) is 34.7 Å². The number of methoxy groups -OCH3 is 1. The summed E-state index contributed by atoms with van der Waals surface area (Å²) in [5, 5.41) is 17.8. The number of hydrogen-bond acceptors (Lipinski definition) is 5. The molecule has 4 aromatic rings. The number of carbonyl (C=O) groups is 2. The number of aromatic amines is 1. The second kappa shape index (κ2) is 6.81. The fourth-order valence-corrected chi connectivity index (χ4v) is 3.70. The van der Waals surface area contributed by atoms with Gasteiger partial charge in [-0.2, -0.15) is 0 Å². The summed E-state index contributed by atoms with van der Waals surface area (Å²) in [5.74, 6) is 5.73. The number of imide groups is 1. The van der Waals surface area contributed by atoms with E-state index < -0.39 is 17.5 Å². The van der Waals surface area contributed by atoms with Crippen LogP contribution in [0.5, 0.6) is 11.6 Å². The predicted octanol–water partition coefficient (Wildman–Crippen LogP) is 1.86. The predicted molar refractivity (Wildman–Crippen MR) is 113 cm³/mol. The number of fused-ring (bicyclic) bond motifs is 2. The first-order valence-electron chi connectivity index (χ1n) is 9.44. The molecule has 1 fully saturated rings. The molecule has 0 spiro atoms. The Bertz CT molecular complexity index is 1420. The third-order valence-electron chi connectivity index (χ3n) is 5.29. The number of aromatic nitrogens is 3. The zero-order chi connectivity index (χ0) is 21.6. The Morgan fingerprint density at radius 2 is 2.10 bits per heavy atom. The van der Waals surface area contributed by atoms with E-state index in [0.29, 0.717) is 16.8 Å². The number of amides is 3. The van der Waals surface area contributed by atoms with Crippen LogP contribution in [0, 0.1) is 11.8 Å². The van der Waals surface area contributed by atoms with Gasteiger partial charge < -0.3 is 24.7 Å². The van der Waals surface area contributed by atoms with Crippen LogP contribution in [-0.4, -0.2) is 44.2 Å². The quantitative estimate of drug-likeness (QED) is 0.301. The van der Waals surface area contributed by atoms with E-state index in [1.165, 1.54) is 11.7 Å². The number of hydrogen-bond donors (Lipinski definition) is 4. The summed E-state index contributed by atoms with van der Waals surface area (Å²) in [4.78, 5) is 32.0. The smallest absolute Gasteiger partial charge is 0.323 e. The molecule has 4 heterocycles. The zero-order valence-corrected chi connectivity index (χ0v) is 16.4. The highest BCUT2D eigenvalue weighted by Crippen LogP contribution is 2.32. The Labute approximate surface area is 176 Å². The standard InChI is InChI=1S/C22H17N5O4/c1-31-15-3-2-14-11-27(19(28)16(14)10-15)12-22(20(29)25-21(30)26-22)7-4-17-18-13(5-8-23-17)6-9-24-18/h2-3,5-6,8-11,24,28H,12H2,1H3,(H2,25,26,29,30)/t22-/m1/s1. The van der Waals surface area contributed by atoms with Gasteiger partial charge in [0.2, 0.25) is 5.54 Å². The minimum atomic E-state index is -1.58. The van der Waals surface area contributed by atoms with Crippen molar-refractivity contribution in [2.75, 3.05) is 7.11 Å². The van der Waals surface area contributed by atoms with Gasteiger partial charge in [-0.25, -0.2) is 9.78 Å². The molecule has 0 unspecified atom stereocenters. The van der Waals surface area contributed by atoms with Gasteiger partial charge in [-0.15, -0.1) is 0 Å². The molecule has 0 radical (unpaired) electrons. The van der Waals surface area contributed by atoms with Gasteiger partial charge in [0.15, 0.2) is 5.88 Å². The van der Waals surface area contributed by atoms with Crippen molar-refractivity contribution in [3.8, 4) is 23.5 Å². The average Bonchev–Trinajstić information content (AvgIpc) is 3.43. The van der Waals surface area contributed by atoms with Crippen molar-refractivity contribution in [1.82, 2.24) is 25.2 Å².